The number of hydrogen-bond acceptors (Lipinski definition) is 24. The number of phenolic OH excluding ortho intramolecular Hbond substituents is 4. The Bertz CT molecular complexity index is 3180. The molecule has 0 radical (unpaired) electrons. The van der Waals surface area contributed by atoms with Gasteiger partial charge in [-0.25, -0.2) is 0 Å². The molecule has 4 fully saturated rings. The van der Waals surface area contributed by atoms with Crippen LogP contribution < -0.4 is 20.1 Å². The van der Waals surface area contributed by atoms with E-state index < -0.39 is 204 Å². The lowest BCUT2D eigenvalue weighted by molar-refractivity contribution is -0.247. The fraction of sp³-hybridized carbons (Fsp3) is 0.474. The molecule has 12 rings (SSSR count). The van der Waals surface area contributed by atoms with Crippen LogP contribution in [0.4, 0.5) is 0 Å². The maximum absolute atomic E-state index is 14.2. The standard InChI is InChI=1S/C57H58N2O22/c1-20-54-26(11-36(76-20)78-30-16-56(72,32(62)18-60)14-24-40(30)52(70)44-42(48(24)66)46(64)22-7-5-9-28(74-3)38(22)50(44)68)58-34(80-54)13-35-59-27-12-37(77-21(2)55(27)81-35)79-31-17-57(73,33(63)19-61)15-25-41(31)53(71)45-43(49(25)67)47(65)23-8-6-10-29(75-4)39(23)51(45)69/h5-10,20-21,26-27,30-31,34-37,54-55,58-61,66-67,70-73H,11-19H2,1-4H3/t20-,21-,26-,27-,30-,31-,34?,35?,36-,37-,54+,55+,56-,57-/m0/s1. The number of methoxy groups -OCH3 is 2. The number of ether oxygens (including phenoxy) is 8. The Balaban J connectivity index is 0.748. The summed E-state index contributed by atoms with van der Waals surface area (Å²) >= 11 is 0. The molecule has 81 heavy (non-hydrogen) atoms. The van der Waals surface area contributed by atoms with Crippen LogP contribution in [0.1, 0.15) is 144 Å². The van der Waals surface area contributed by atoms with Crippen LogP contribution in [-0.4, -0.2) is 176 Å². The molecule has 0 amide bonds. The van der Waals surface area contributed by atoms with Crippen LogP contribution in [0.2, 0.25) is 0 Å². The van der Waals surface area contributed by atoms with Crippen LogP contribution in [0.3, 0.4) is 0 Å². The number of hydrogen-bond donors (Lipinski definition) is 10. The van der Waals surface area contributed by atoms with E-state index in [1.807, 2.05) is 0 Å². The van der Waals surface area contributed by atoms with Gasteiger partial charge in [-0.2, -0.15) is 0 Å². The molecule has 14 atom stereocenters. The average Bonchev–Trinajstić information content (AvgIpc) is 2.61. The molecule has 4 aliphatic carbocycles. The summed E-state index contributed by atoms with van der Waals surface area (Å²) in [6.07, 6.45) is -10.6. The summed E-state index contributed by atoms with van der Waals surface area (Å²) in [5, 5.41) is 97.9. The van der Waals surface area contributed by atoms with Crippen LogP contribution in [0, 0.1) is 0 Å². The first-order chi connectivity index (χ1) is 38.6. The van der Waals surface area contributed by atoms with E-state index in [1.165, 1.54) is 50.6 Å². The summed E-state index contributed by atoms with van der Waals surface area (Å²) in [5.74, 6) is -8.05. The van der Waals surface area contributed by atoms with Crippen molar-refractivity contribution >= 4 is 34.7 Å². The second kappa shape index (κ2) is 20.0. The average molecular weight is 1120 g/mol. The van der Waals surface area contributed by atoms with Crippen molar-refractivity contribution in [2.75, 3.05) is 27.4 Å². The van der Waals surface area contributed by atoms with Crippen molar-refractivity contribution in [2.45, 2.75) is 144 Å². The van der Waals surface area contributed by atoms with Gasteiger partial charge in [0.15, 0.2) is 35.7 Å². The molecule has 2 unspecified atom stereocenters. The second-order valence-electron chi connectivity index (χ2n) is 22.0. The van der Waals surface area contributed by atoms with Crippen LogP contribution in [0.15, 0.2) is 36.4 Å². The number of aliphatic hydroxyl groups excluding tert-OH is 2. The van der Waals surface area contributed by atoms with Gasteiger partial charge in [-0.3, -0.25) is 39.4 Å². The molecular weight excluding hydrogens is 1060 g/mol. The summed E-state index contributed by atoms with van der Waals surface area (Å²) in [7, 11) is 2.62. The fourth-order valence-corrected chi connectivity index (χ4v) is 13.5. The first-order valence-electron chi connectivity index (χ1n) is 26.6. The van der Waals surface area contributed by atoms with Crippen molar-refractivity contribution in [3.8, 4) is 34.5 Å². The summed E-state index contributed by atoms with van der Waals surface area (Å²) < 4.78 is 49.3. The van der Waals surface area contributed by atoms with Gasteiger partial charge in [0, 0.05) is 90.4 Å². The first kappa shape index (κ1) is 54.8. The molecule has 4 aliphatic heterocycles. The Morgan fingerprint density at radius 3 is 1.32 bits per heavy atom. The number of aromatic hydroxyl groups is 4. The highest BCUT2D eigenvalue weighted by Gasteiger charge is 2.55. The van der Waals surface area contributed by atoms with E-state index in [1.54, 1.807) is 13.8 Å². The molecule has 24 nitrogen and oxygen atoms in total. The molecule has 0 aromatic heterocycles. The van der Waals surface area contributed by atoms with E-state index in [2.05, 4.69) is 10.6 Å². The van der Waals surface area contributed by atoms with Crippen LogP contribution in [0.25, 0.3) is 0 Å². The molecule has 4 aromatic carbocycles. The summed E-state index contributed by atoms with van der Waals surface area (Å²) in [5.41, 5.74) is -7.95. The lowest BCUT2D eigenvalue weighted by Gasteiger charge is -2.42. The molecule has 10 N–H and O–H groups in total. The zero-order valence-corrected chi connectivity index (χ0v) is 44.0. The monoisotopic (exact) mass is 1120 g/mol. The van der Waals surface area contributed by atoms with Gasteiger partial charge in [-0.15, -0.1) is 0 Å². The Kier molecular flexibility index (Phi) is 13.5. The van der Waals surface area contributed by atoms with Gasteiger partial charge in [0.1, 0.15) is 83.6 Å². The predicted octanol–water partition coefficient (Wildman–Crippen LogP) is 1.40. The van der Waals surface area contributed by atoms with Gasteiger partial charge in [-0.05, 0) is 26.0 Å². The number of benzene rings is 4. The number of Topliss-reactive ketones (excluding diaryl/α,β-unsaturated/α-hetero) is 2. The van der Waals surface area contributed by atoms with Crippen molar-refractivity contribution in [1.29, 1.82) is 0 Å². The lowest BCUT2D eigenvalue weighted by atomic mass is 9.72. The molecule has 428 valence electrons. The Morgan fingerprint density at radius 2 is 0.951 bits per heavy atom. The first-order valence-corrected chi connectivity index (χ1v) is 26.6. The smallest absolute Gasteiger partial charge is 0.202 e. The molecule has 0 spiro atoms. The van der Waals surface area contributed by atoms with Gasteiger partial charge in [0.05, 0.1) is 72.0 Å². The fourth-order valence-electron chi connectivity index (χ4n) is 13.5. The van der Waals surface area contributed by atoms with Crippen LogP contribution in [-0.2, 0) is 50.9 Å². The van der Waals surface area contributed by atoms with E-state index in [4.69, 9.17) is 37.9 Å². The molecule has 24 heteroatoms. The third-order valence-electron chi connectivity index (χ3n) is 17.3. The second-order valence-corrected chi connectivity index (χ2v) is 22.0. The third-order valence-corrected chi connectivity index (χ3v) is 17.3. The Labute approximate surface area is 460 Å². The summed E-state index contributed by atoms with van der Waals surface area (Å²) in [4.78, 5) is 82.6. The molecule has 4 aromatic rings. The predicted molar refractivity (Wildman–Crippen MR) is 271 cm³/mol. The highest BCUT2D eigenvalue weighted by Crippen LogP contribution is 2.55. The van der Waals surface area contributed by atoms with Crippen molar-refractivity contribution in [2.24, 2.45) is 0 Å². The topological polar surface area (TPSA) is 362 Å². The molecule has 4 heterocycles. The van der Waals surface area contributed by atoms with Crippen LogP contribution >= 0.6 is 0 Å². The lowest BCUT2D eigenvalue weighted by Crippen LogP contribution is -2.51. The number of fused-ring (bicyclic) bond motifs is 8. The Hall–Kier alpha value is -6.78. The minimum atomic E-state index is -2.34. The quantitative estimate of drug-likeness (QED) is 0.0774. The van der Waals surface area contributed by atoms with Crippen molar-refractivity contribution in [1.82, 2.24) is 10.6 Å². The van der Waals surface area contributed by atoms with E-state index in [0.717, 1.165) is 0 Å². The maximum Gasteiger partial charge on any atom is 0.202 e. The number of phenols is 4. The molecule has 4 saturated heterocycles. The van der Waals surface area contributed by atoms with Gasteiger partial charge < -0.3 is 78.7 Å². The Morgan fingerprint density at radius 1 is 0.568 bits per heavy atom. The van der Waals surface area contributed by atoms with E-state index in [9.17, 15) is 69.6 Å². The van der Waals surface area contributed by atoms with Gasteiger partial charge in [0.2, 0.25) is 11.6 Å². The number of rotatable bonds is 12. The minimum Gasteiger partial charge on any atom is -0.507 e. The molecular formula is C57H58N2O22. The van der Waals surface area contributed by atoms with Gasteiger partial charge in [0.25, 0.3) is 0 Å². The highest BCUT2D eigenvalue weighted by atomic mass is 16.7. The summed E-state index contributed by atoms with van der Waals surface area (Å²) in [6.45, 7) is 1.34. The molecule has 0 saturated carbocycles. The van der Waals surface area contributed by atoms with Gasteiger partial charge in [-0.1, -0.05) is 24.3 Å². The number of ketones is 6. The van der Waals surface area contributed by atoms with Crippen molar-refractivity contribution < 1.29 is 108 Å². The SMILES string of the molecule is COc1cccc2c1C(=O)c1c(O)c3c(c(O)c1C2=O)C[C@@](O)(C(=O)CO)C[C@@H]3O[C@H]1C[C@@H]2NC(CC3N[C@H]4C[C@H](O[C@H]5C[C@](O)(C(=O)CO)Cc6c(O)c7c(c(O)c65)C(=O)c5c(OC)cccc5C7=O)O[C@@H](C)[C@H]4O3)O[C@@H]2[C@H](C)O1. The largest absolute Gasteiger partial charge is 0.507 e. The van der Waals surface area contributed by atoms with E-state index in [-0.39, 0.29) is 75.3 Å². The third kappa shape index (κ3) is 8.48. The minimum absolute atomic E-state index is 0.0577. The number of aliphatic hydroxyl groups is 4. The van der Waals surface area contributed by atoms with Crippen LogP contribution in [0.5, 0.6) is 34.5 Å². The maximum atomic E-state index is 14.2. The van der Waals surface area contributed by atoms with E-state index >= 15 is 0 Å². The van der Waals surface area contributed by atoms with Gasteiger partial charge >= 0.3 is 0 Å². The number of carbonyl (C=O) groups excluding carboxylic acids is 6. The molecule has 8 aliphatic rings. The zero-order valence-electron chi connectivity index (χ0n) is 44.0. The van der Waals surface area contributed by atoms with E-state index in [0.29, 0.717) is 0 Å². The normalized spacial score (nSPS) is 32.6. The molecule has 0 bridgehead atoms. The zero-order chi connectivity index (χ0) is 57.5. The highest BCUT2D eigenvalue weighted by molar-refractivity contribution is 6.32. The number of carbonyl (C=O) groups is 6. The van der Waals surface area contributed by atoms with Crippen molar-refractivity contribution in [3.05, 3.63) is 103 Å². The summed E-state index contributed by atoms with van der Waals surface area (Å²) in [6, 6.07) is 7.81. The number of nitrogens with one attached hydrogen (secondary N) is 2. The van der Waals surface area contributed by atoms with Crippen molar-refractivity contribution in [3.63, 3.8) is 0 Å².